The number of fused-ring (bicyclic) bond motifs is 5. The van der Waals surface area contributed by atoms with E-state index >= 15 is 0 Å². The first-order chi connectivity index (χ1) is 25.2. The fourth-order valence-electron chi connectivity index (χ4n) is 7.72. The van der Waals surface area contributed by atoms with Gasteiger partial charge in [-0.25, -0.2) is 9.98 Å². The van der Waals surface area contributed by atoms with Gasteiger partial charge in [-0.3, -0.25) is 10.1 Å². The minimum atomic E-state index is -0.293. The van der Waals surface area contributed by atoms with E-state index in [0.717, 1.165) is 71.9 Å². The van der Waals surface area contributed by atoms with Crippen LogP contribution in [0.15, 0.2) is 156 Å². The van der Waals surface area contributed by atoms with Crippen molar-refractivity contribution in [2.24, 2.45) is 9.98 Å². The predicted molar refractivity (Wildman–Crippen MR) is 204 cm³/mol. The van der Waals surface area contributed by atoms with E-state index in [1.165, 1.54) is 0 Å². The third kappa shape index (κ3) is 4.38. The maximum Gasteiger partial charge on any atom is 0.304 e. The number of hydrogen-bond acceptors (Lipinski definition) is 4. The summed E-state index contributed by atoms with van der Waals surface area (Å²) in [6.45, 7) is 0. The molecule has 0 aliphatic carbocycles. The van der Waals surface area contributed by atoms with Gasteiger partial charge in [0.1, 0.15) is 0 Å². The van der Waals surface area contributed by atoms with Gasteiger partial charge in [-0.15, -0.1) is 0 Å². The Balaban J connectivity index is 1.53. The average molecular weight is 658 g/mol. The van der Waals surface area contributed by atoms with Gasteiger partial charge in [-0.05, 0) is 52.6 Å². The number of aromatic amines is 1. The number of aliphatic imine (C=N–C) groups is 2. The third-order valence-electron chi connectivity index (χ3n) is 9.84. The lowest BCUT2D eigenvalue weighted by Crippen LogP contribution is -2.23. The van der Waals surface area contributed by atoms with Gasteiger partial charge in [0.2, 0.25) is 0 Å². The standard InChI is InChI=1S/C44H27N5O2/c50-49(51)44-31-26-45-43(44)41(30-19-11-4-12-20-30)42-37-25-34(47-42)39(28-15-7-2-8-16-28)32-21-22-33(46-32)40(29-17-9-3-10-18-29)36-24-23-35(48(36)37)38(31)27-13-5-1-6-14-27/h1-26,46H. The van der Waals surface area contributed by atoms with Crippen molar-refractivity contribution in [2.45, 2.75) is 0 Å². The SMILES string of the molecule is O=[N+]([O-])c1c2c(-c3ccccc3)c3ccc4n3c3c(c(-c5ccccc5)c1N=C2)N=C(C=3)C(c1ccccc1)=c1ccc([nH]1)=C4c1ccccc1. The Bertz CT molecular complexity index is 2900. The molecule has 0 amide bonds. The Labute approximate surface area is 291 Å². The molecule has 7 nitrogen and oxygen atoms in total. The van der Waals surface area contributed by atoms with Gasteiger partial charge in [-0.2, -0.15) is 0 Å². The van der Waals surface area contributed by atoms with E-state index in [0.29, 0.717) is 16.8 Å². The summed E-state index contributed by atoms with van der Waals surface area (Å²) in [6, 6.07) is 48.7. The van der Waals surface area contributed by atoms with Gasteiger partial charge < -0.3 is 9.38 Å². The molecule has 6 heterocycles. The number of nitrogens with one attached hydrogen (secondary N) is 1. The maximum atomic E-state index is 13.3. The van der Waals surface area contributed by atoms with Gasteiger partial charge in [0.15, 0.2) is 5.69 Å². The van der Waals surface area contributed by atoms with Crippen molar-refractivity contribution in [3.8, 4) is 22.3 Å². The summed E-state index contributed by atoms with van der Waals surface area (Å²) in [5, 5.41) is 16.0. The third-order valence-corrected chi connectivity index (χ3v) is 9.84. The first kappa shape index (κ1) is 28.9. The van der Waals surface area contributed by atoms with E-state index in [1.54, 1.807) is 6.21 Å². The zero-order valence-electron chi connectivity index (χ0n) is 27.1. The average Bonchev–Trinajstić information content (AvgIpc) is 3.99. The topological polar surface area (TPSA) is 88.1 Å². The highest BCUT2D eigenvalue weighted by atomic mass is 16.6. The van der Waals surface area contributed by atoms with Gasteiger partial charge in [0, 0.05) is 39.2 Å². The van der Waals surface area contributed by atoms with E-state index in [2.05, 4.69) is 64.0 Å². The molecule has 0 spiro atoms. The molecule has 7 heteroatoms. The zero-order chi connectivity index (χ0) is 34.1. The molecule has 10 rings (SSSR count). The lowest BCUT2D eigenvalue weighted by atomic mass is 9.99. The zero-order valence-corrected chi connectivity index (χ0v) is 27.1. The smallest absolute Gasteiger partial charge is 0.304 e. The van der Waals surface area contributed by atoms with Crippen LogP contribution >= 0.6 is 0 Å². The van der Waals surface area contributed by atoms with Crippen molar-refractivity contribution in [1.82, 2.24) is 9.38 Å². The summed E-state index contributed by atoms with van der Waals surface area (Å²) >= 11 is 0. The fraction of sp³-hybridized carbons (Fsp3) is 0. The summed E-state index contributed by atoms with van der Waals surface area (Å²) in [5.74, 6) is 0. The minimum absolute atomic E-state index is 0.0434. The quantitative estimate of drug-likeness (QED) is 0.152. The second-order valence-electron chi connectivity index (χ2n) is 12.7. The van der Waals surface area contributed by atoms with Crippen LogP contribution in [0.3, 0.4) is 0 Å². The molecule has 6 bridgehead atoms. The molecule has 4 aromatic carbocycles. The van der Waals surface area contributed by atoms with Crippen LogP contribution in [0.4, 0.5) is 17.1 Å². The number of aromatic nitrogens is 2. The Hall–Kier alpha value is -7.12. The fourth-order valence-corrected chi connectivity index (χ4v) is 7.72. The van der Waals surface area contributed by atoms with Crippen LogP contribution in [-0.2, 0) is 0 Å². The van der Waals surface area contributed by atoms with Gasteiger partial charge in [0.05, 0.1) is 38.4 Å². The summed E-state index contributed by atoms with van der Waals surface area (Å²) in [5.41, 5.74) is 10.7. The van der Waals surface area contributed by atoms with Crippen LogP contribution in [0.2, 0.25) is 0 Å². The van der Waals surface area contributed by atoms with Crippen LogP contribution in [0.25, 0.3) is 45.0 Å². The molecule has 3 aliphatic rings. The van der Waals surface area contributed by atoms with Crippen LogP contribution in [0, 0.1) is 10.1 Å². The molecule has 7 aromatic rings. The highest BCUT2D eigenvalue weighted by molar-refractivity contribution is 6.39. The first-order valence-corrected chi connectivity index (χ1v) is 16.8. The second-order valence-corrected chi connectivity index (χ2v) is 12.7. The molecule has 3 aliphatic heterocycles. The van der Waals surface area contributed by atoms with E-state index in [4.69, 9.17) is 9.98 Å². The molecule has 51 heavy (non-hydrogen) atoms. The summed E-state index contributed by atoms with van der Waals surface area (Å²) in [7, 11) is 0. The molecule has 0 unspecified atom stereocenters. The molecule has 0 radical (unpaired) electrons. The highest BCUT2D eigenvalue weighted by Crippen LogP contribution is 2.48. The molecule has 240 valence electrons. The van der Waals surface area contributed by atoms with Crippen molar-refractivity contribution in [1.29, 1.82) is 0 Å². The number of hydrogen-bond donors (Lipinski definition) is 1. The normalized spacial score (nSPS) is 13.4. The van der Waals surface area contributed by atoms with Crippen LogP contribution in [0.5, 0.6) is 0 Å². The molecule has 3 aromatic heterocycles. The Morgan fingerprint density at radius 3 is 1.75 bits per heavy atom. The lowest BCUT2D eigenvalue weighted by Gasteiger charge is -2.12. The van der Waals surface area contributed by atoms with Crippen molar-refractivity contribution in [3.63, 3.8) is 0 Å². The number of nitro groups is 1. The monoisotopic (exact) mass is 657 g/mol. The van der Waals surface area contributed by atoms with Crippen LogP contribution in [-0.4, -0.2) is 26.2 Å². The molecular weight excluding hydrogens is 631 g/mol. The molecule has 0 atom stereocenters. The van der Waals surface area contributed by atoms with Gasteiger partial charge in [-0.1, -0.05) is 121 Å². The van der Waals surface area contributed by atoms with Crippen LogP contribution in [0.1, 0.15) is 22.4 Å². The maximum absolute atomic E-state index is 13.3. The van der Waals surface area contributed by atoms with Gasteiger partial charge >= 0.3 is 5.69 Å². The highest BCUT2D eigenvalue weighted by Gasteiger charge is 2.33. The van der Waals surface area contributed by atoms with Crippen molar-refractivity contribution < 1.29 is 4.92 Å². The Kier molecular flexibility index (Phi) is 6.35. The first-order valence-electron chi connectivity index (χ1n) is 16.8. The predicted octanol–water partition coefficient (Wildman–Crippen LogP) is 7.74. The second kappa shape index (κ2) is 11.2. The lowest BCUT2D eigenvalue weighted by molar-refractivity contribution is -0.383. The molecule has 1 N–H and O–H groups in total. The number of benzene rings is 4. The summed E-state index contributed by atoms with van der Waals surface area (Å²) in [4.78, 5) is 27.1. The minimum Gasteiger partial charge on any atom is -0.354 e. The van der Waals surface area contributed by atoms with E-state index < -0.39 is 0 Å². The van der Waals surface area contributed by atoms with E-state index in [9.17, 15) is 10.1 Å². The number of H-pyrrole nitrogens is 1. The largest absolute Gasteiger partial charge is 0.354 e. The number of nitrogens with zero attached hydrogens (tertiary/aromatic N) is 4. The summed E-state index contributed by atoms with van der Waals surface area (Å²) < 4.78 is 2.24. The number of rotatable bonds is 5. The van der Waals surface area contributed by atoms with E-state index in [-0.39, 0.29) is 16.3 Å². The Morgan fingerprint density at radius 2 is 1.14 bits per heavy atom. The van der Waals surface area contributed by atoms with E-state index in [1.807, 2.05) is 97.1 Å². The van der Waals surface area contributed by atoms with Crippen molar-refractivity contribution in [3.05, 3.63) is 194 Å². The molecule has 0 saturated carbocycles. The van der Waals surface area contributed by atoms with Crippen molar-refractivity contribution >= 4 is 51.7 Å². The molecule has 0 fully saturated rings. The van der Waals surface area contributed by atoms with Gasteiger partial charge in [0.25, 0.3) is 0 Å². The molecular formula is C44H27N5O2. The van der Waals surface area contributed by atoms with Crippen molar-refractivity contribution in [2.75, 3.05) is 0 Å². The van der Waals surface area contributed by atoms with Crippen LogP contribution < -0.4 is 16.0 Å². The summed E-state index contributed by atoms with van der Waals surface area (Å²) in [6.07, 6.45) is 3.79. The molecule has 0 saturated heterocycles. The Morgan fingerprint density at radius 1 is 0.588 bits per heavy atom.